The minimum Gasteiger partial charge on any atom is -0.393 e. The van der Waals surface area contributed by atoms with Crippen molar-refractivity contribution in [3.8, 4) is 0 Å². The van der Waals surface area contributed by atoms with Crippen LogP contribution >= 0.6 is 0 Å². The quantitative estimate of drug-likeness (QED) is 0.433. The summed E-state index contributed by atoms with van der Waals surface area (Å²) in [5.41, 5.74) is 0. The standard InChI is InChI=1S/C8H12O4.Ag/c1-5(2)7(10)4-8(11)12-6(3)9;/h5H,4H2,1-3H3;. The molecule has 0 N–H and O–H groups in total. The molecule has 0 aliphatic heterocycles. The molecule has 13 heavy (non-hydrogen) atoms. The van der Waals surface area contributed by atoms with Crippen molar-refractivity contribution in [1.82, 2.24) is 0 Å². The van der Waals surface area contributed by atoms with Gasteiger partial charge in [-0.05, 0) is 0 Å². The van der Waals surface area contributed by atoms with Gasteiger partial charge in [0.05, 0.1) is 0 Å². The summed E-state index contributed by atoms with van der Waals surface area (Å²) >= 11 is 0. The fraction of sp³-hybridized carbons (Fsp3) is 0.625. The fourth-order valence-electron chi connectivity index (χ4n) is 0.543. The number of carbonyl (C=O) groups excluding carboxylic acids is 3. The summed E-state index contributed by atoms with van der Waals surface area (Å²) < 4.78 is 4.17. The normalized spacial score (nSPS) is 8.92. The van der Waals surface area contributed by atoms with Crippen LogP contribution in [0.1, 0.15) is 27.2 Å². The van der Waals surface area contributed by atoms with Crippen LogP contribution in [-0.4, -0.2) is 17.7 Å². The molecule has 4 nitrogen and oxygen atoms in total. The molecule has 0 heterocycles. The summed E-state index contributed by atoms with van der Waals surface area (Å²) in [6, 6.07) is 0. The zero-order chi connectivity index (χ0) is 9.72. The minimum absolute atomic E-state index is 0. The van der Waals surface area contributed by atoms with E-state index in [0.717, 1.165) is 6.92 Å². The molecular weight excluding hydrogens is 268 g/mol. The molecule has 0 aromatic carbocycles. The van der Waals surface area contributed by atoms with Gasteiger partial charge in [0.25, 0.3) is 0 Å². The number of ketones is 1. The van der Waals surface area contributed by atoms with Crippen molar-refractivity contribution in [3.63, 3.8) is 0 Å². The van der Waals surface area contributed by atoms with Crippen LogP contribution < -0.4 is 0 Å². The van der Waals surface area contributed by atoms with Gasteiger partial charge in [0.15, 0.2) is 0 Å². The second-order valence-electron chi connectivity index (χ2n) is 2.76. The predicted molar refractivity (Wildman–Crippen MR) is 41.2 cm³/mol. The van der Waals surface area contributed by atoms with E-state index in [9.17, 15) is 14.4 Å². The van der Waals surface area contributed by atoms with Gasteiger partial charge in [-0.15, -0.1) is 0 Å². The molecule has 0 aliphatic carbocycles. The molecule has 1 radical (unpaired) electrons. The smallest absolute Gasteiger partial charge is 0.320 e. The third-order valence-corrected chi connectivity index (χ3v) is 1.22. The Morgan fingerprint density at radius 3 is 2.00 bits per heavy atom. The number of esters is 2. The maximum atomic E-state index is 10.9. The van der Waals surface area contributed by atoms with Crippen LogP contribution in [0.2, 0.25) is 0 Å². The van der Waals surface area contributed by atoms with Gasteiger partial charge in [0.2, 0.25) is 0 Å². The first-order valence-corrected chi connectivity index (χ1v) is 3.67. The van der Waals surface area contributed by atoms with E-state index in [-0.39, 0.29) is 40.5 Å². The Labute approximate surface area is 92.5 Å². The molecule has 5 heteroatoms. The SMILES string of the molecule is CC(=O)OC(=O)CC(=O)C(C)C.[Ag]. The Kier molecular flexibility index (Phi) is 8.10. The van der Waals surface area contributed by atoms with E-state index < -0.39 is 11.9 Å². The van der Waals surface area contributed by atoms with Crippen LogP contribution in [0.5, 0.6) is 0 Å². The van der Waals surface area contributed by atoms with Gasteiger partial charge in [0, 0.05) is 35.2 Å². The Morgan fingerprint density at radius 1 is 1.23 bits per heavy atom. The number of ether oxygens (including phenoxy) is 1. The van der Waals surface area contributed by atoms with Gasteiger partial charge in [-0.25, -0.2) is 0 Å². The molecule has 0 saturated carbocycles. The van der Waals surface area contributed by atoms with Crippen molar-refractivity contribution >= 4 is 17.7 Å². The van der Waals surface area contributed by atoms with Crippen LogP contribution in [0.25, 0.3) is 0 Å². The van der Waals surface area contributed by atoms with E-state index in [1.165, 1.54) is 0 Å². The van der Waals surface area contributed by atoms with E-state index in [1.807, 2.05) is 0 Å². The molecular formula is C8H12AgO4. The van der Waals surface area contributed by atoms with E-state index in [0.29, 0.717) is 0 Å². The molecule has 0 rings (SSSR count). The van der Waals surface area contributed by atoms with Gasteiger partial charge in [-0.1, -0.05) is 13.8 Å². The van der Waals surface area contributed by atoms with Crippen molar-refractivity contribution in [1.29, 1.82) is 0 Å². The van der Waals surface area contributed by atoms with Gasteiger partial charge in [-0.3, -0.25) is 14.4 Å². The van der Waals surface area contributed by atoms with Crippen molar-refractivity contribution < 1.29 is 41.5 Å². The van der Waals surface area contributed by atoms with Crippen LogP contribution in [0.3, 0.4) is 0 Å². The molecule has 0 aromatic heterocycles. The summed E-state index contributed by atoms with van der Waals surface area (Å²) in [4.78, 5) is 31.9. The fourth-order valence-corrected chi connectivity index (χ4v) is 0.543. The van der Waals surface area contributed by atoms with E-state index in [2.05, 4.69) is 4.74 Å². The molecule has 0 saturated heterocycles. The average Bonchev–Trinajstić information content (AvgIpc) is 1.84. The van der Waals surface area contributed by atoms with Gasteiger partial charge < -0.3 is 4.74 Å². The summed E-state index contributed by atoms with van der Waals surface area (Å²) in [7, 11) is 0. The zero-order valence-corrected chi connectivity index (χ0v) is 9.20. The minimum atomic E-state index is -0.777. The summed E-state index contributed by atoms with van der Waals surface area (Å²) in [5.74, 6) is -1.89. The predicted octanol–water partition coefficient (Wildman–Crippen LogP) is 0.689. The maximum Gasteiger partial charge on any atom is 0.320 e. The van der Waals surface area contributed by atoms with Crippen molar-refractivity contribution in [2.24, 2.45) is 5.92 Å². The number of hydrogen-bond donors (Lipinski definition) is 0. The Hall–Kier alpha value is -0.450. The van der Waals surface area contributed by atoms with Crippen LogP contribution in [-0.2, 0) is 41.5 Å². The Morgan fingerprint density at radius 2 is 1.69 bits per heavy atom. The van der Waals surface area contributed by atoms with Crippen molar-refractivity contribution in [2.45, 2.75) is 27.2 Å². The van der Waals surface area contributed by atoms with Crippen LogP contribution in [0.15, 0.2) is 0 Å². The summed E-state index contributed by atoms with van der Waals surface area (Å²) in [5, 5.41) is 0. The van der Waals surface area contributed by atoms with Crippen molar-refractivity contribution in [2.75, 3.05) is 0 Å². The molecule has 0 bridgehead atoms. The van der Waals surface area contributed by atoms with Gasteiger partial charge >= 0.3 is 11.9 Å². The topological polar surface area (TPSA) is 60.4 Å². The Bertz CT molecular complexity index is 210. The number of hydrogen-bond acceptors (Lipinski definition) is 4. The monoisotopic (exact) mass is 279 g/mol. The average molecular weight is 280 g/mol. The number of rotatable bonds is 3. The zero-order valence-electron chi connectivity index (χ0n) is 7.72. The molecule has 0 unspecified atom stereocenters. The molecule has 0 amide bonds. The third-order valence-electron chi connectivity index (χ3n) is 1.22. The third kappa shape index (κ3) is 7.90. The molecule has 0 atom stereocenters. The second-order valence-corrected chi connectivity index (χ2v) is 2.76. The summed E-state index contributed by atoms with van der Waals surface area (Å²) in [6.45, 7) is 4.49. The van der Waals surface area contributed by atoms with Gasteiger partial charge in [-0.2, -0.15) is 0 Å². The number of Topliss-reactive ketones (excluding diaryl/α,β-unsaturated/α-hetero) is 1. The largest absolute Gasteiger partial charge is 0.393 e. The molecule has 0 fully saturated rings. The van der Waals surface area contributed by atoms with Gasteiger partial charge in [0.1, 0.15) is 12.2 Å². The first-order valence-electron chi connectivity index (χ1n) is 3.67. The van der Waals surface area contributed by atoms with Crippen LogP contribution in [0.4, 0.5) is 0 Å². The van der Waals surface area contributed by atoms with Crippen LogP contribution in [0, 0.1) is 5.92 Å². The maximum absolute atomic E-state index is 10.9. The molecule has 0 spiro atoms. The number of carbonyl (C=O) groups is 3. The first kappa shape index (κ1) is 15.0. The van der Waals surface area contributed by atoms with Crippen molar-refractivity contribution in [3.05, 3.63) is 0 Å². The van der Waals surface area contributed by atoms with E-state index in [1.54, 1.807) is 13.8 Å². The second kappa shape index (κ2) is 7.00. The summed E-state index contributed by atoms with van der Waals surface area (Å²) in [6.07, 6.45) is -0.322. The Balaban J connectivity index is 0. The molecule has 0 aliphatic rings. The first-order chi connectivity index (χ1) is 5.43. The van der Waals surface area contributed by atoms with E-state index in [4.69, 9.17) is 0 Å². The molecule has 79 valence electrons. The van der Waals surface area contributed by atoms with E-state index >= 15 is 0 Å². The molecule has 0 aromatic rings.